The van der Waals surface area contributed by atoms with Crippen LogP contribution in [0.25, 0.3) is 10.1 Å². The van der Waals surface area contributed by atoms with Crippen molar-refractivity contribution in [1.29, 1.82) is 0 Å². The number of H-pyrrole nitrogens is 1. The highest BCUT2D eigenvalue weighted by molar-refractivity contribution is 7.19. The Balaban J connectivity index is 2.93. The average Bonchev–Trinajstić information content (AvgIpc) is 2.44. The first-order valence-electron chi connectivity index (χ1n) is 4.03. The summed E-state index contributed by atoms with van der Waals surface area (Å²) in [4.78, 5) is 15.2. The maximum atomic E-state index is 11.4. The Morgan fingerprint density at radius 3 is 3.00 bits per heavy atom. The van der Waals surface area contributed by atoms with E-state index in [1.807, 2.05) is 13.0 Å². The minimum absolute atomic E-state index is 0.0223. The lowest BCUT2D eigenvalue weighted by atomic mass is 10.2. The maximum absolute atomic E-state index is 11.4. The van der Waals surface area contributed by atoms with E-state index in [1.54, 1.807) is 17.5 Å². The summed E-state index contributed by atoms with van der Waals surface area (Å²) < 4.78 is 1.02. The molecule has 0 aliphatic heterocycles. The van der Waals surface area contributed by atoms with E-state index >= 15 is 0 Å². The van der Waals surface area contributed by atoms with Crippen molar-refractivity contribution >= 4 is 21.4 Å². The number of rotatable bonds is 1. The Labute approximate surface area is 79.2 Å². The molecular weight excluding hydrogens is 184 g/mol. The van der Waals surface area contributed by atoms with Crippen molar-refractivity contribution in [2.45, 2.75) is 13.5 Å². The highest BCUT2D eigenvalue weighted by atomic mass is 32.1. The van der Waals surface area contributed by atoms with Crippen molar-refractivity contribution in [3.05, 3.63) is 33.1 Å². The number of hydrogen-bond acceptors (Lipinski definition) is 3. The minimum atomic E-state index is -0.0223. The Morgan fingerprint density at radius 1 is 1.62 bits per heavy atom. The quantitative estimate of drug-likeness (QED) is 0.720. The van der Waals surface area contributed by atoms with Crippen molar-refractivity contribution in [3.63, 3.8) is 0 Å². The van der Waals surface area contributed by atoms with Crippen molar-refractivity contribution < 1.29 is 0 Å². The van der Waals surface area contributed by atoms with Gasteiger partial charge in [-0.1, -0.05) is 0 Å². The Kier molecular flexibility index (Phi) is 1.94. The number of nitrogens with two attached hydrogens (primary N) is 1. The summed E-state index contributed by atoms with van der Waals surface area (Å²) >= 11 is 1.59. The third kappa shape index (κ3) is 1.18. The van der Waals surface area contributed by atoms with Gasteiger partial charge in [0.25, 0.3) is 5.56 Å². The minimum Gasteiger partial charge on any atom is -0.328 e. The van der Waals surface area contributed by atoms with Crippen molar-refractivity contribution in [3.8, 4) is 0 Å². The Morgan fingerprint density at radius 2 is 2.38 bits per heavy atom. The van der Waals surface area contributed by atoms with Crippen LogP contribution in [-0.2, 0) is 6.54 Å². The monoisotopic (exact) mass is 194 g/mol. The maximum Gasteiger partial charge on any atom is 0.256 e. The molecule has 4 heteroatoms. The molecule has 2 aromatic rings. The molecule has 0 unspecified atom stereocenters. The number of hydrogen-bond donors (Lipinski definition) is 2. The van der Waals surface area contributed by atoms with Gasteiger partial charge < -0.3 is 10.7 Å². The fourth-order valence-electron chi connectivity index (χ4n) is 1.44. The van der Waals surface area contributed by atoms with E-state index in [1.165, 1.54) is 0 Å². The SMILES string of the molecule is Cc1c(CN)sc2cc[nH]c(=O)c12. The lowest BCUT2D eigenvalue weighted by Crippen LogP contribution is -2.04. The average molecular weight is 194 g/mol. The van der Waals surface area contributed by atoms with Gasteiger partial charge in [-0.15, -0.1) is 11.3 Å². The molecule has 0 bridgehead atoms. The lowest BCUT2D eigenvalue weighted by Gasteiger charge is -1.91. The number of aromatic nitrogens is 1. The number of pyridine rings is 1. The molecule has 3 nitrogen and oxygen atoms in total. The normalized spacial score (nSPS) is 10.9. The zero-order chi connectivity index (χ0) is 9.42. The van der Waals surface area contributed by atoms with Crippen LogP contribution in [0.5, 0.6) is 0 Å². The van der Waals surface area contributed by atoms with Crippen molar-refractivity contribution in [2.75, 3.05) is 0 Å². The van der Waals surface area contributed by atoms with Crippen LogP contribution in [0.2, 0.25) is 0 Å². The van der Waals surface area contributed by atoms with Gasteiger partial charge in [-0.25, -0.2) is 0 Å². The van der Waals surface area contributed by atoms with Gasteiger partial charge in [-0.3, -0.25) is 4.79 Å². The van der Waals surface area contributed by atoms with Gasteiger partial charge in [-0.05, 0) is 18.6 Å². The molecule has 0 amide bonds. The predicted molar refractivity (Wildman–Crippen MR) is 55.1 cm³/mol. The van der Waals surface area contributed by atoms with Crippen molar-refractivity contribution in [1.82, 2.24) is 4.98 Å². The molecule has 2 rings (SSSR count). The van der Waals surface area contributed by atoms with E-state index in [9.17, 15) is 4.79 Å². The number of fused-ring (bicyclic) bond motifs is 1. The van der Waals surface area contributed by atoms with E-state index in [4.69, 9.17) is 5.73 Å². The second-order valence-corrected chi connectivity index (χ2v) is 4.04. The summed E-state index contributed by atoms with van der Waals surface area (Å²) in [5.41, 5.74) is 6.56. The van der Waals surface area contributed by atoms with Crippen LogP contribution in [0.4, 0.5) is 0 Å². The second-order valence-electron chi connectivity index (χ2n) is 2.90. The second kappa shape index (κ2) is 2.97. The predicted octanol–water partition coefficient (Wildman–Crippen LogP) is 1.36. The smallest absolute Gasteiger partial charge is 0.256 e. The largest absolute Gasteiger partial charge is 0.328 e. The van der Waals surface area contributed by atoms with Gasteiger partial charge in [0, 0.05) is 22.3 Å². The third-order valence-corrected chi connectivity index (χ3v) is 3.41. The van der Waals surface area contributed by atoms with E-state index in [-0.39, 0.29) is 5.56 Å². The summed E-state index contributed by atoms with van der Waals surface area (Å²) in [6.45, 7) is 2.45. The molecule has 0 atom stereocenters. The first-order valence-corrected chi connectivity index (χ1v) is 4.85. The number of nitrogens with one attached hydrogen (secondary N) is 1. The first-order chi connectivity index (χ1) is 6.24. The van der Waals surface area contributed by atoms with E-state index in [0.29, 0.717) is 6.54 Å². The van der Waals surface area contributed by atoms with Crippen LogP contribution < -0.4 is 11.3 Å². The van der Waals surface area contributed by atoms with Gasteiger partial charge in [0.05, 0.1) is 5.39 Å². The molecule has 68 valence electrons. The molecule has 0 aliphatic carbocycles. The standard InChI is InChI=1S/C9H10N2OS/c1-5-7(4-10)13-6-2-3-11-9(12)8(5)6/h2-3H,4,10H2,1H3,(H,11,12). The van der Waals surface area contributed by atoms with Gasteiger partial charge in [-0.2, -0.15) is 0 Å². The molecule has 2 aromatic heterocycles. The van der Waals surface area contributed by atoms with Gasteiger partial charge in [0.1, 0.15) is 0 Å². The van der Waals surface area contributed by atoms with Gasteiger partial charge in [0.15, 0.2) is 0 Å². The summed E-state index contributed by atoms with van der Waals surface area (Å²) in [5.74, 6) is 0. The summed E-state index contributed by atoms with van der Waals surface area (Å²) in [5, 5.41) is 0.785. The van der Waals surface area contributed by atoms with Crippen LogP contribution in [0.3, 0.4) is 0 Å². The molecular formula is C9H10N2OS. The molecule has 0 saturated heterocycles. The van der Waals surface area contributed by atoms with Crippen LogP contribution >= 0.6 is 11.3 Å². The van der Waals surface area contributed by atoms with Crippen LogP contribution in [0.15, 0.2) is 17.1 Å². The lowest BCUT2D eigenvalue weighted by molar-refractivity contribution is 1.09. The molecule has 2 heterocycles. The highest BCUT2D eigenvalue weighted by Gasteiger charge is 2.08. The molecule has 3 N–H and O–H groups in total. The highest BCUT2D eigenvalue weighted by Crippen LogP contribution is 2.27. The van der Waals surface area contributed by atoms with Gasteiger partial charge >= 0.3 is 0 Å². The number of aromatic amines is 1. The fourth-order valence-corrected chi connectivity index (χ4v) is 2.53. The molecule has 0 spiro atoms. The van der Waals surface area contributed by atoms with Crippen molar-refractivity contribution in [2.24, 2.45) is 5.73 Å². The molecule has 0 radical (unpaired) electrons. The Hall–Kier alpha value is -1.13. The van der Waals surface area contributed by atoms with Crippen LogP contribution in [0.1, 0.15) is 10.4 Å². The molecule has 0 aliphatic rings. The molecule has 0 fully saturated rings. The summed E-state index contributed by atoms with van der Waals surface area (Å²) in [6, 6.07) is 1.91. The molecule has 0 saturated carbocycles. The summed E-state index contributed by atoms with van der Waals surface area (Å²) in [6.07, 6.45) is 1.67. The number of thiophene rings is 1. The molecule has 13 heavy (non-hydrogen) atoms. The van der Waals surface area contributed by atoms with E-state index < -0.39 is 0 Å². The fraction of sp³-hybridized carbons (Fsp3) is 0.222. The Bertz CT molecular complexity index is 498. The zero-order valence-electron chi connectivity index (χ0n) is 7.26. The van der Waals surface area contributed by atoms with Gasteiger partial charge in [0.2, 0.25) is 0 Å². The number of aryl methyl sites for hydroxylation is 1. The third-order valence-electron chi connectivity index (χ3n) is 2.13. The first kappa shape index (κ1) is 8.47. The molecule has 0 aromatic carbocycles. The van der Waals surface area contributed by atoms with E-state index in [2.05, 4.69) is 4.98 Å². The van der Waals surface area contributed by atoms with Crippen LogP contribution in [0, 0.1) is 6.92 Å². The topological polar surface area (TPSA) is 58.9 Å². The summed E-state index contributed by atoms with van der Waals surface area (Å²) in [7, 11) is 0. The van der Waals surface area contributed by atoms with Crippen LogP contribution in [-0.4, -0.2) is 4.98 Å². The van der Waals surface area contributed by atoms with E-state index in [0.717, 1.165) is 20.5 Å². The zero-order valence-corrected chi connectivity index (χ0v) is 8.07.